The fourth-order valence-corrected chi connectivity index (χ4v) is 3.99. The van der Waals surface area contributed by atoms with Crippen LogP contribution in [0.4, 0.5) is 0 Å². The van der Waals surface area contributed by atoms with Crippen LogP contribution in [0.3, 0.4) is 0 Å². The lowest BCUT2D eigenvalue weighted by Crippen LogP contribution is -2.56. The zero-order chi connectivity index (χ0) is 27.5. The largest absolute Gasteiger partial charge is 0.370 e. The smallest absolute Gasteiger partial charge is 0.243 e. The molecule has 0 fully saturated rings. The van der Waals surface area contributed by atoms with Crippen LogP contribution in [0.1, 0.15) is 24.0 Å². The Kier molecular flexibility index (Phi) is 10.1. The zero-order valence-electron chi connectivity index (χ0n) is 21.0. The summed E-state index contributed by atoms with van der Waals surface area (Å²) in [5.74, 6) is -2.56. The summed E-state index contributed by atoms with van der Waals surface area (Å²) in [5.41, 5.74) is 20.5. The van der Waals surface area contributed by atoms with Crippen LogP contribution in [0.15, 0.2) is 84.9 Å². The minimum absolute atomic E-state index is 0.0453. The summed E-state index contributed by atoms with van der Waals surface area (Å²) in [6.45, 7) is 0. The Morgan fingerprint density at radius 1 is 0.632 bits per heavy atom. The highest BCUT2D eigenvalue weighted by Crippen LogP contribution is 2.20. The molecule has 38 heavy (non-hydrogen) atoms. The van der Waals surface area contributed by atoms with Gasteiger partial charge in [-0.2, -0.15) is 0 Å². The van der Waals surface area contributed by atoms with Gasteiger partial charge in [-0.05, 0) is 35.1 Å². The standard InChI is InChI=1S/C29H33N5O4/c30-23(17-19-7-3-1-4-8-19)28(37)34-25(29(38)33-24(27(32)36)15-16-26(31)35)18-20-11-13-22(14-12-20)21-9-5-2-6-10-21/h1-14,23-25H,15-18,30H2,(H2,31,35)(H2,32,36)(H,33,38)(H,34,37)/t23-,24-,25-/m0/s1. The van der Waals surface area contributed by atoms with Crippen molar-refractivity contribution >= 4 is 23.6 Å². The molecule has 0 spiro atoms. The second-order valence-corrected chi connectivity index (χ2v) is 9.09. The average Bonchev–Trinajstić information content (AvgIpc) is 2.91. The predicted molar refractivity (Wildman–Crippen MR) is 145 cm³/mol. The van der Waals surface area contributed by atoms with Crippen molar-refractivity contribution in [3.8, 4) is 11.1 Å². The molecule has 3 aromatic carbocycles. The first kappa shape index (κ1) is 28.1. The Bertz CT molecular complexity index is 1230. The fraction of sp³-hybridized carbons (Fsp3) is 0.241. The fourth-order valence-electron chi connectivity index (χ4n) is 3.99. The minimum atomic E-state index is -1.12. The van der Waals surface area contributed by atoms with E-state index in [1.807, 2.05) is 84.9 Å². The normalized spacial score (nSPS) is 13.1. The summed E-state index contributed by atoms with van der Waals surface area (Å²) in [5, 5.41) is 5.27. The van der Waals surface area contributed by atoms with Gasteiger partial charge in [0.15, 0.2) is 0 Å². The van der Waals surface area contributed by atoms with Crippen LogP contribution in [-0.2, 0) is 32.0 Å². The summed E-state index contributed by atoms with van der Waals surface area (Å²) in [4.78, 5) is 49.2. The Labute approximate surface area is 221 Å². The van der Waals surface area contributed by atoms with Crippen molar-refractivity contribution in [3.05, 3.63) is 96.1 Å². The van der Waals surface area contributed by atoms with E-state index in [1.54, 1.807) is 0 Å². The summed E-state index contributed by atoms with van der Waals surface area (Å²) in [7, 11) is 0. The van der Waals surface area contributed by atoms with Gasteiger partial charge in [-0.15, -0.1) is 0 Å². The van der Waals surface area contributed by atoms with E-state index >= 15 is 0 Å². The lowest BCUT2D eigenvalue weighted by Gasteiger charge is -2.23. The van der Waals surface area contributed by atoms with Crippen LogP contribution in [0.5, 0.6) is 0 Å². The van der Waals surface area contributed by atoms with Crippen LogP contribution < -0.4 is 27.8 Å². The van der Waals surface area contributed by atoms with Gasteiger partial charge in [-0.25, -0.2) is 0 Å². The third kappa shape index (κ3) is 8.56. The molecule has 3 atom stereocenters. The lowest BCUT2D eigenvalue weighted by atomic mass is 9.99. The molecule has 3 rings (SSSR count). The SMILES string of the molecule is NC(=O)CC[C@H](NC(=O)[C@H](Cc1ccc(-c2ccccc2)cc1)NC(=O)[C@@H](N)Cc1ccccc1)C(N)=O. The van der Waals surface area contributed by atoms with Crippen molar-refractivity contribution in [2.45, 2.75) is 43.8 Å². The minimum Gasteiger partial charge on any atom is -0.370 e. The van der Waals surface area contributed by atoms with Crippen LogP contribution in [-0.4, -0.2) is 41.8 Å². The highest BCUT2D eigenvalue weighted by molar-refractivity contribution is 5.93. The van der Waals surface area contributed by atoms with Crippen LogP contribution >= 0.6 is 0 Å². The molecule has 0 aliphatic carbocycles. The molecule has 198 valence electrons. The number of nitrogens with two attached hydrogens (primary N) is 3. The summed E-state index contributed by atoms with van der Waals surface area (Å²) in [6.07, 6.45) is 0.255. The summed E-state index contributed by atoms with van der Waals surface area (Å²) >= 11 is 0. The first-order chi connectivity index (χ1) is 18.2. The van der Waals surface area contributed by atoms with Crippen LogP contribution in [0, 0.1) is 0 Å². The van der Waals surface area contributed by atoms with Gasteiger partial charge in [0.25, 0.3) is 0 Å². The second-order valence-electron chi connectivity index (χ2n) is 9.09. The lowest BCUT2D eigenvalue weighted by molar-refractivity contribution is -0.132. The molecule has 4 amide bonds. The van der Waals surface area contributed by atoms with Crippen molar-refractivity contribution < 1.29 is 19.2 Å². The maximum absolute atomic E-state index is 13.2. The van der Waals surface area contributed by atoms with E-state index in [1.165, 1.54) is 0 Å². The highest BCUT2D eigenvalue weighted by Gasteiger charge is 2.28. The molecule has 0 heterocycles. The van der Waals surface area contributed by atoms with Gasteiger partial charge in [0, 0.05) is 12.8 Å². The maximum atomic E-state index is 13.2. The van der Waals surface area contributed by atoms with E-state index < -0.39 is 41.8 Å². The molecule has 9 heteroatoms. The molecule has 8 N–H and O–H groups in total. The molecule has 0 saturated heterocycles. The molecule has 0 saturated carbocycles. The Hall–Kier alpha value is -4.50. The van der Waals surface area contributed by atoms with Gasteiger partial charge in [0.05, 0.1) is 6.04 Å². The van der Waals surface area contributed by atoms with E-state index in [0.717, 1.165) is 22.3 Å². The first-order valence-electron chi connectivity index (χ1n) is 12.3. The molecule has 9 nitrogen and oxygen atoms in total. The number of nitrogens with one attached hydrogen (secondary N) is 2. The van der Waals surface area contributed by atoms with Crippen molar-refractivity contribution in [2.24, 2.45) is 17.2 Å². The molecular formula is C29H33N5O4. The van der Waals surface area contributed by atoms with Crippen molar-refractivity contribution in [2.75, 3.05) is 0 Å². The molecule has 0 bridgehead atoms. The molecule has 0 aliphatic heterocycles. The molecule has 0 aliphatic rings. The molecule has 3 aromatic rings. The highest BCUT2D eigenvalue weighted by atomic mass is 16.2. The van der Waals surface area contributed by atoms with Crippen molar-refractivity contribution in [1.29, 1.82) is 0 Å². The number of carbonyl (C=O) groups is 4. The number of carbonyl (C=O) groups excluding carboxylic acids is 4. The number of benzene rings is 3. The monoisotopic (exact) mass is 515 g/mol. The number of hydrogen-bond donors (Lipinski definition) is 5. The zero-order valence-corrected chi connectivity index (χ0v) is 21.0. The number of amides is 4. The summed E-state index contributed by atoms with van der Waals surface area (Å²) < 4.78 is 0. The van der Waals surface area contributed by atoms with Gasteiger partial charge in [-0.3, -0.25) is 19.2 Å². The third-order valence-corrected chi connectivity index (χ3v) is 6.11. The van der Waals surface area contributed by atoms with Crippen molar-refractivity contribution in [1.82, 2.24) is 10.6 Å². The quantitative estimate of drug-likeness (QED) is 0.230. The molecule has 0 aromatic heterocycles. The van der Waals surface area contributed by atoms with Gasteiger partial charge in [0.1, 0.15) is 12.1 Å². The van der Waals surface area contributed by atoms with E-state index in [0.29, 0.717) is 0 Å². The van der Waals surface area contributed by atoms with E-state index in [2.05, 4.69) is 10.6 Å². The second kappa shape index (κ2) is 13.7. The molecular weight excluding hydrogens is 482 g/mol. The van der Waals surface area contributed by atoms with E-state index in [4.69, 9.17) is 17.2 Å². The average molecular weight is 516 g/mol. The van der Waals surface area contributed by atoms with Gasteiger partial charge in [0.2, 0.25) is 23.6 Å². The van der Waals surface area contributed by atoms with Crippen molar-refractivity contribution in [3.63, 3.8) is 0 Å². The Balaban J connectivity index is 1.76. The van der Waals surface area contributed by atoms with Crippen LogP contribution in [0.2, 0.25) is 0 Å². The Morgan fingerprint density at radius 2 is 1.16 bits per heavy atom. The molecule has 0 radical (unpaired) electrons. The predicted octanol–water partition coefficient (Wildman–Crippen LogP) is 1.19. The van der Waals surface area contributed by atoms with Crippen LogP contribution in [0.25, 0.3) is 11.1 Å². The number of hydrogen-bond acceptors (Lipinski definition) is 5. The number of rotatable bonds is 13. The van der Waals surface area contributed by atoms with Gasteiger partial charge in [-0.1, -0.05) is 84.9 Å². The number of primary amides is 2. The Morgan fingerprint density at radius 3 is 1.74 bits per heavy atom. The topological polar surface area (TPSA) is 170 Å². The first-order valence-corrected chi connectivity index (χ1v) is 12.3. The van der Waals surface area contributed by atoms with E-state index in [9.17, 15) is 19.2 Å². The van der Waals surface area contributed by atoms with Gasteiger partial charge < -0.3 is 27.8 Å². The third-order valence-electron chi connectivity index (χ3n) is 6.11. The van der Waals surface area contributed by atoms with Gasteiger partial charge >= 0.3 is 0 Å². The molecule has 0 unspecified atom stereocenters. The summed E-state index contributed by atoms with van der Waals surface area (Å²) in [6, 6.07) is 23.7. The maximum Gasteiger partial charge on any atom is 0.243 e. The van der Waals surface area contributed by atoms with E-state index in [-0.39, 0.29) is 25.7 Å².